The van der Waals surface area contributed by atoms with Crippen molar-refractivity contribution in [3.8, 4) is 17.2 Å². The zero-order valence-corrected chi connectivity index (χ0v) is 16.4. The number of nitrogens with one attached hydrogen (secondary N) is 1. The normalized spacial score (nSPS) is 11.5. The number of hydrogen-bond donors (Lipinski definition) is 1. The lowest BCUT2D eigenvalue weighted by Gasteiger charge is -2.19. The Balaban J connectivity index is 1.73. The van der Waals surface area contributed by atoms with Crippen molar-refractivity contribution in [2.75, 3.05) is 5.32 Å². The van der Waals surface area contributed by atoms with Gasteiger partial charge in [-0.05, 0) is 67.8 Å². The largest absolute Gasteiger partial charge is 0.481 e. The number of aryl methyl sites for hydroxylation is 2. The number of anilines is 1. The highest BCUT2D eigenvalue weighted by Gasteiger charge is 2.20. The Morgan fingerprint density at radius 3 is 2.32 bits per heavy atom. The van der Waals surface area contributed by atoms with E-state index in [4.69, 9.17) is 9.47 Å². The Labute approximate surface area is 166 Å². The maximum Gasteiger partial charge on any atom is 0.265 e. The van der Waals surface area contributed by atoms with Gasteiger partial charge >= 0.3 is 0 Å². The van der Waals surface area contributed by atoms with Crippen molar-refractivity contribution in [3.05, 3.63) is 83.9 Å². The summed E-state index contributed by atoms with van der Waals surface area (Å²) in [5.74, 6) is 1.79. The number of ether oxygens (including phenoxy) is 2. The predicted molar refractivity (Wildman–Crippen MR) is 112 cm³/mol. The fourth-order valence-corrected chi connectivity index (χ4v) is 2.76. The molecule has 1 atom stereocenters. The summed E-state index contributed by atoms with van der Waals surface area (Å²) in [4.78, 5) is 12.8. The van der Waals surface area contributed by atoms with Gasteiger partial charge in [-0.15, -0.1) is 0 Å². The first-order valence-corrected chi connectivity index (χ1v) is 9.43. The van der Waals surface area contributed by atoms with Crippen molar-refractivity contribution >= 4 is 11.6 Å². The molecule has 0 bridgehead atoms. The second-order valence-electron chi connectivity index (χ2n) is 6.66. The lowest BCUT2D eigenvalue weighted by atomic mass is 10.1. The molecule has 0 radical (unpaired) electrons. The third kappa shape index (κ3) is 4.92. The van der Waals surface area contributed by atoms with Crippen LogP contribution in [0.15, 0.2) is 72.8 Å². The topological polar surface area (TPSA) is 47.6 Å². The van der Waals surface area contributed by atoms with E-state index < -0.39 is 6.10 Å². The number of hydrogen-bond acceptors (Lipinski definition) is 3. The molecule has 1 amide bonds. The van der Waals surface area contributed by atoms with Crippen LogP contribution >= 0.6 is 0 Å². The molecule has 0 saturated heterocycles. The molecule has 0 saturated carbocycles. The van der Waals surface area contributed by atoms with E-state index in [0.29, 0.717) is 29.4 Å². The Hall–Kier alpha value is -3.27. The lowest BCUT2D eigenvalue weighted by Crippen LogP contribution is -2.32. The van der Waals surface area contributed by atoms with E-state index in [1.54, 1.807) is 0 Å². The van der Waals surface area contributed by atoms with Gasteiger partial charge in [-0.3, -0.25) is 4.79 Å². The zero-order chi connectivity index (χ0) is 19.9. The van der Waals surface area contributed by atoms with Gasteiger partial charge in [0.15, 0.2) is 11.9 Å². The molecule has 0 unspecified atom stereocenters. The predicted octanol–water partition coefficient (Wildman–Crippen LogP) is 5.89. The van der Waals surface area contributed by atoms with Crippen LogP contribution in [0.3, 0.4) is 0 Å². The van der Waals surface area contributed by atoms with Gasteiger partial charge in [0.1, 0.15) is 11.5 Å². The van der Waals surface area contributed by atoms with E-state index >= 15 is 0 Å². The fourth-order valence-electron chi connectivity index (χ4n) is 2.76. The molecule has 0 aliphatic carbocycles. The average Bonchev–Trinajstić information content (AvgIpc) is 2.71. The zero-order valence-electron chi connectivity index (χ0n) is 16.4. The van der Waals surface area contributed by atoms with Crippen LogP contribution in [0.2, 0.25) is 0 Å². The van der Waals surface area contributed by atoms with Crippen LogP contribution in [0, 0.1) is 13.8 Å². The van der Waals surface area contributed by atoms with Crippen LogP contribution < -0.4 is 14.8 Å². The van der Waals surface area contributed by atoms with Crippen molar-refractivity contribution in [2.45, 2.75) is 33.3 Å². The van der Waals surface area contributed by atoms with E-state index in [-0.39, 0.29) is 5.91 Å². The van der Waals surface area contributed by atoms with Gasteiger partial charge in [0, 0.05) is 0 Å². The minimum Gasteiger partial charge on any atom is -0.481 e. The molecule has 3 rings (SSSR count). The van der Waals surface area contributed by atoms with E-state index in [1.807, 2.05) is 93.6 Å². The second kappa shape index (κ2) is 9.09. The summed E-state index contributed by atoms with van der Waals surface area (Å²) < 4.78 is 11.9. The minimum absolute atomic E-state index is 0.204. The molecule has 1 N–H and O–H groups in total. The van der Waals surface area contributed by atoms with Gasteiger partial charge in [0.05, 0.1) is 5.69 Å². The SMILES string of the molecule is CC[C@@H](Oc1ccc(C)c(C)c1)C(=O)Nc1ccccc1Oc1ccccc1. The van der Waals surface area contributed by atoms with Gasteiger partial charge in [0.25, 0.3) is 5.91 Å². The van der Waals surface area contributed by atoms with E-state index in [9.17, 15) is 4.79 Å². The molecule has 3 aromatic carbocycles. The van der Waals surface area contributed by atoms with Crippen molar-refractivity contribution in [3.63, 3.8) is 0 Å². The van der Waals surface area contributed by atoms with Crippen LogP contribution in [0.1, 0.15) is 24.5 Å². The van der Waals surface area contributed by atoms with Crippen LogP contribution in [0.4, 0.5) is 5.69 Å². The molecule has 4 nitrogen and oxygen atoms in total. The molecule has 0 aliphatic rings. The summed E-state index contributed by atoms with van der Waals surface area (Å²) in [7, 11) is 0. The highest BCUT2D eigenvalue weighted by molar-refractivity contribution is 5.95. The number of amides is 1. The first kappa shape index (κ1) is 19.5. The van der Waals surface area contributed by atoms with E-state index in [0.717, 1.165) is 5.56 Å². The first-order chi connectivity index (χ1) is 13.6. The van der Waals surface area contributed by atoms with Gasteiger partial charge < -0.3 is 14.8 Å². The summed E-state index contributed by atoms with van der Waals surface area (Å²) in [5, 5.41) is 2.94. The highest BCUT2D eigenvalue weighted by Crippen LogP contribution is 2.29. The number of rotatable bonds is 7. The molecule has 3 aromatic rings. The summed E-state index contributed by atoms with van der Waals surface area (Å²) in [6, 6.07) is 22.7. The molecule has 144 valence electrons. The summed E-state index contributed by atoms with van der Waals surface area (Å²) >= 11 is 0. The van der Waals surface area contributed by atoms with Gasteiger partial charge in [-0.2, -0.15) is 0 Å². The molecule has 4 heteroatoms. The standard InChI is InChI=1S/C24H25NO3/c1-4-22(28-20-15-14-17(2)18(3)16-20)24(26)25-21-12-8-9-13-23(21)27-19-10-6-5-7-11-19/h5-16,22H,4H2,1-3H3,(H,25,26)/t22-/m1/s1. The molecule has 0 aromatic heterocycles. The molecule has 28 heavy (non-hydrogen) atoms. The second-order valence-corrected chi connectivity index (χ2v) is 6.66. The number of carbonyl (C=O) groups excluding carboxylic acids is 1. The monoisotopic (exact) mass is 375 g/mol. The summed E-state index contributed by atoms with van der Waals surface area (Å²) in [6.07, 6.45) is -0.0348. The van der Waals surface area contributed by atoms with Crippen molar-refractivity contribution < 1.29 is 14.3 Å². The quantitative estimate of drug-likeness (QED) is 0.560. The van der Waals surface area contributed by atoms with Crippen LogP contribution in [-0.2, 0) is 4.79 Å². The van der Waals surface area contributed by atoms with Crippen molar-refractivity contribution in [1.29, 1.82) is 0 Å². The molecule has 0 spiro atoms. The number of carbonyl (C=O) groups is 1. The van der Waals surface area contributed by atoms with Gasteiger partial charge in [-0.25, -0.2) is 0 Å². The van der Waals surface area contributed by atoms with Crippen LogP contribution in [-0.4, -0.2) is 12.0 Å². The smallest absolute Gasteiger partial charge is 0.265 e. The Morgan fingerprint density at radius 2 is 1.61 bits per heavy atom. The molecule has 0 aliphatic heterocycles. The Morgan fingerprint density at radius 1 is 0.893 bits per heavy atom. The average molecular weight is 375 g/mol. The third-order valence-corrected chi connectivity index (χ3v) is 4.54. The maximum atomic E-state index is 12.8. The minimum atomic E-state index is -0.591. The van der Waals surface area contributed by atoms with Crippen molar-refractivity contribution in [1.82, 2.24) is 0 Å². The summed E-state index contributed by atoms with van der Waals surface area (Å²) in [6.45, 7) is 6.00. The number of benzene rings is 3. The third-order valence-electron chi connectivity index (χ3n) is 4.54. The van der Waals surface area contributed by atoms with Crippen LogP contribution in [0.5, 0.6) is 17.2 Å². The first-order valence-electron chi connectivity index (χ1n) is 9.43. The van der Waals surface area contributed by atoms with Gasteiger partial charge in [0.2, 0.25) is 0 Å². The summed E-state index contributed by atoms with van der Waals surface area (Å²) in [5.41, 5.74) is 2.93. The van der Waals surface area contributed by atoms with E-state index in [1.165, 1.54) is 5.56 Å². The van der Waals surface area contributed by atoms with Gasteiger partial charge in [-0.1, -0.05) is 43.3 Å². The molecule has 0 fully saturated rings. The number of para-hydroxylation sites is 3. The maximum absolute atomic E-state index is 12.8. The van der Waals surface area contributed by atoms with E-state index in [2.05, 4.69) is 5.32 Å². The lowest BCUT2D eigenvalue weighted by molar-refractivity contribution is -0.122. The fraction of sp³-hybridized carbons (Fsp3) is 0.208. The molecular weight excluding hydrogens is 350 g/mol. The van der Waals surface area contributed by atoms with Crippen LogP contribution in [0.25, 0.3) is 0 Å². The Bertz CT molecular complexity index is 938. The Kier molecular flexibility index (Phi) is 6.33. The highest BCUT2D eigenvalue weighted by atomic mass is 16.5. The van der Waals surface area contributed by atoms with Crippen molar-refractivity contribution in [2.24, 2.45) is 0 Å². The molecule has 0 heterocycles. The molecular formula is C24H25NO3.